The molecule has 0 bridgehead atoms. The van der Waals surface area contributed by atoms with E-state index in [1.165, 1.54) is 6.08 Å². The molecule has 2 N–H and O–H groups in total. The first-order valence-corrected chi connectivity index (χ1v) is 6.25. The van der Waals surface area contributed by atoms with Gasteiger partial charge in [0, 0.05) is 17.2 Å². The Kier molecular flexibility index (Phi) is 4.31. The summed E-state index contributed by atoms with van der Waals surface area (Å²) < 4.78 is 0. The van der Waals surface area contributed by atoms with Gasteiger partial charge >= 0.3 is 5.91 Å². The van der Waals surface area contributed by atoms with Gasteiger partial charge in [-0.3, -0.25) is 0 Å². The molecule has 0 saturated carbocycles. The summed E-state index contributed by atoms with van der Waals surface area (Å²) in [6.07, 6.45) is 3.22. The number of carbonyl (C=O) groups excluding carboxylic acids is 1. The first-order chi connectivity index (χ1) is 9.13. The van der Waals surface area contributed by atoms with E-state index in [1.807, 2.05) is 31.2 Å². The number of amides is 1. The highest BCUT2D eigenvalue weighted by Crippen LogP contribution is 2.10. The number of anilines is 1. The van der Waals surface area contributed by atoms with E-state index in [0.717, 1.165) is 11.3 Å². The fraction of sp³-hybridized carbons (Fsp3) is 0.0667. The van der Waals surface area contributed by atoms with Crippen LogP contribution in [0.15, 0.2) is 48.5 Å². The van der Waals surface area contributed by atoms with Gasteiger partial charge in [0.15, 0.2) is 0 Å². The van der Waals surface area contributed by atoms with Crippen LogP contribution < -0.4 is 10.3 Å². The molecule has 19 heavy (non-hydrogen) atoms. The molecule has 1 heterocycles. The van der Waals surface area contributed by atoms with Gasteiger partial charge in [-0.1, -0.05) is 29.8 Å². The van der Waals surface area contributed by atoms with E-state index in [2.05, 4.69) is 10.3 Å². The molecule has 0 aliphatic heterocycles. The van der Waals surface area contributed by atoms with Crippen molar-refractivity contribution in [1.29, 1.82) is 0 Å². The zero-order valence-electron chi connectivity index (χ0n) is 10.5. The molecule has 0 radical (unpaired) electrons. The predicted molar refractivity (Wildman–Crippen MR) is 76.9 cm³/mol. The summed E-state index contributed by atoms with van der Waals surface area (Å²) in [6.45, 7) is 1.93. The van der Waals surface area contributed by atoms with Crippen LogP contribution in [0.3, 0.4) is 0 Å². The molecule has 0 aliphatic rings. The third-order valence-electron chi connectivity index (χ3n) is 2.50. The summed E-state index contributed by atoms with van der Waals surface area (Å²) in [7, 11) is 0. The van der Waals surface area contributed by atoms with Gasteiger partial charge in [-0.05, 0) is 36.8 Å². The second kappa shape index (κ2) is 6.16. The maximum absolute atomic E-state index is 11.7. The molecule has 1 amide bonds. The molecule has 0 unspecified atom stereocenters. The number of carbonyl (C=O) groups is 1. The van der Waals surface area contributed by atoms with E-state index in [1.54, 1.807) is 24.3 Å². The van der Waals surface area contributed by atoms with Crippen molar-refractivity contribution < 1.29 is 9.78 Å². The zero-order valence-corrected chi connectivity index (χ0v) is 11.2. The summed E-state index contributed by atoms with van der Waals surface area (Å²) >= 11 is 5.79. The minimum atomic E-state index is -0.184. The summed E-state index contributed by atoms with van der Waals surface area (Å²) in [5.74, 6) is 0.488. The first-order valence-electron chi connectivity index (χ1n) is 5.87. The second-order valence-corrected chi connectivity index (χ2v) is 4.56. The lowest BCUT2D eigenvalue weighted by molar-refractivity contribution is -0.370. The van der Waals surface area contributed by atoms with Crippen molar-refractivity contribution in [3.63, 3.8) is 0 Å². The summed E-state index contributed by atoms with van der Waals surface area (Å²) in [5.41, 5.74) is 1.91. The van der Waals surface area contributed by atoms with E-state index >= 15 is 0 Å². The number of aromatic amines is 1. The number of benzene rings is 1. The van der Waals surface area contributed by atoms with Crippen LogP contribution in [0.2, 0.25) is 5.02 Å². The lowest BCUT2D eigenvalue weighted by atomic mass is 10.2. The van der Waals surface area contributed by atoms with E-state index in [-0.39, 0.29) is 5.91 Å². The number of halogens is 1. The van der Waals surface area contributed by atoms with Gasteiger partial charge in [-0.2, -0.15) is 0 Å². The zero-order chi connectivity index (χ0) is 13.7. The number of rotatable bonds is 3. The minimum Gasteiger partial charge on any atom is -0.245 e. The van der Waals surface area contributed by atoms with Crippen LogP contribution in [-0.2, 0) is 4.79 Å². The summed E-state index contributed by atoms with van der Waals surface area (Å²) in [6, 6.07) is 12.9. The van der Waals surface area contributed by atoms with Crippen LogP contribution in [0, 0.1) is 6.92 Å². The number of pyridine rings is 1. The molecule has 2 rings (SSSR count). The van der Waals surface area contributed by atoms with Gasteiger partial charge < -0.3 is 0 Å². The normalized spacial score (nSPS) is 10.6. The van der Waals surface area contributed by atoms with Crippen LogP contribution in [0.1, 0.15) is 11.3 Å². The monoisotopic (exact) mass is 273 g/mol. The third kappa shape index (κ3) is 4.23. The Morgan fingerprint density at radius 2 is 1.95 bits per heavy atom. The largest absolute Gasteiger partial charge is 0.331 e. The standard InChI is InChI=1S/C15H13ClN2O/c1-11-3-2-4-14(17-11)18-15(19)10-7-12-5-8-13(16)9-6-12/h2-10H,1H3,(H,17,18,19)/p+1. The van der Waals surface area contributed by atoms with E-state index in [4.69, 9.17) is 11.6 Å². The molecule has 96 valence electrons. The van der Waals surface area contributed by atoms with Crippen LogP contribution in [0.25, 0.3) is 6.08 Å². The fourth-order valence-corrected chi connectivity index (χ4v) is 1.70. The van der Waals surface area contributed by atoms with Gasteiger partial charge in [0.2, 0.25) is 0 Å². The number of aryl methyl sites for hydroxylation is 1. The van der Waals surface area contributed by atoms with Crippen molar-refractivity contribution in [2.45, 2.75) is 6.92 Å². The molecule has 0 spiro atoms. The van der Waals surface area contributed by atoms with Crippen molar-refractivity contribution in [1.82, 2.24) is 0 Å². The predicted octanol–water partition coefficient (Wildman–Crippen LogP) is 3.11. The quantitative estimate of drug-likeness (QED) is 0.858. The van der Waals surface area contributed by atoms with Gasteiger partial charge in [-0.15, -0.1) is 0 Å². The Balaban J connectivity index is 1.99. The Labute approximate surface area is 116 Å². The van der Waals surface area contributed by atoms with E-state index in [9.17, 15) is 4.79 Å². The lowest BCUT2D eigenvalue weighted by Gasteiger charge is -1.95. The Hall–Kier alpha value is -2.13. The SMILES string of the molecule is Cc1cccc(NC(=O)C=Cc2ccc(Cl)cc2)[nH+]1. The molecular formula is C15H14ClN2O+. The van der Waals surface area contributed by atoms with E-state index < -0.39 is 0 Å². The Bertz CT molecular complexity index is 606. The molecular weight excluding hydrogens is 260 g/mol. The van der Waals surface area contributed by atoms with Crippen molar-refractivity contribution in [2.75, 3.05) is 5.32 Å². The maximum atomic E-state index is 11.7. The molecule has 3 nitrogen and oxygen atoms in total. The average Bonchev–Trinajstić information content (AvgIpc) is 2.38. The highest BCUT2D eigenvalue weighted by molar-refractivity contribution is 6.30. The molecule has 0 atom stereocenters. The van der Waals surface area contributed by atoms with Crippen LogP contribution >= 0.6 is 11.6 Å². The number of hydrogen-bond donors (Lipinski definition) is 1. The van der Waals surface area contributed by atoms with Crippen LogP contribution in [0.5, 0.6) is 0 Å². The average molecular weight is 274 g/mol. The van der Waals surface area contributed by atoms with Gasteiger partial charge in [-0.25, -0.2) is 15.1 Å². The number of hydrogen-bond acceptors (Lipinski definition) is 1. The molecule has 4 heteroatoms. The third-order valence-corrected chi connectivity index (χ3v) is 2.75. The molecule has 0 fully saturated rings. The molecule has 2 aromatic rings. The minimum absolute atomic E-state index is 0.184. The van der Waals surface area contributed by atoms with Crippen molar-refractivity contribution in [3.8, 4) is 0 Å². The number of aromatic nitrogens is 1. The van der Waals surface area contributed by atoms with Crippen LogP contribution in [0.4, 0.5) is 5.82 Å². The second-order valence-electron chi connectivity index (χ2n) is 4.12. The van der Waals surface area contributed by atoms with Crippen molar-refractivity contribution in [3.05, 3.63) is 64.8 Å². The topological polar surface area (TPSA) is 43.2 Å². The van der Waals surface area contributed by atoms with Gasteiger partial charge in [0.25, 0.3) is 5.82 Å². The van der Waals surface area contributed by atoms with Gasteiger partial charge in [0.1, 0.15) is 0 Å². The Morgan fingerprint density at radius 3 is 2.63 bits per heavy atom. The smallest absolute Gasteiger partial charge is 0.245 e. The highest BCUT2D eigenvalue weighted by atomic mass is 35.5. The summed E-state index contributed by atoms with van der Waals surface area (Å²) in [4.78, 5) is 14.8. The number of nitrogens with one attached hydrogen (secondary N) is 2. The molecule has 1 aromatic heterocycles. The maximum Gasteiger partial charge on any atom is 0.331 e. The lowest BCUT2D eigenvalue weighted by Crippen LogP contribution is -2.19. The van der Waals surface area contributed by atoms with Crippen molar-refractivity contribution in [2.24, 2.45) is 0 Å². The highest BCUT2D eigenvalue weighted by Gasteiger charge is 2.05. The fourth-order valence-electron chi connectivity index (χ4n) is 1.58. The Morgan fingerprint density at radius 1 is 1.21 bits per heavy atom. The van der Waals surface area contributed by atoms with E-state index in [0.29, 0.717) is 10.8 Å². The van der Waals surface area contributed by atoms with Crippen LogP contribution in [-0.4, -0.2) is 5.91 Å². The summed E-state index contributed by atoms with van der Waals surface area (Å²) in [5, 5.41) is 3.43. The first kappa shape index (κ1) is 13.3. The molecule has 0 aliphatic carbocycles. The molecule has 0 saturated heterocycles. The van der Waals surface area contributed by atoms with Gasteiger partial charge in [0.05, 0.1) is 5.69 Å². The molecule has 1 aromatic carbocycles. The van der Waals surface area contributed by atoms with Crippen molar-refractivity contribution >= 4 is 29.4 Å². The number of H-pyrrole nitrogens is 1.